The molecule has 0 spiro atoms. The van der Waals surface area contributed by atoms with Crippen LogP contribution in [-0.4, -0.2) is 12.0 Å². The molecule has 0 N–H and O–H groups in total. The van der Waals surface area contributed by atoms with Crippen molar-refractivity contribution in [1.82, 2.24) is 0 Å². The van der Waals surface area contributed by atoms with Gasteiger partial charge >= 0.3 is 6.18 Å². The zero-order valence-electron chi connectivity index (χ0n) is 8.65. The lowest BCUT2D eigenvalue weighted by atomic mass is 10.1. The van der Waals surface area contributed by atoms with Crippen molar-refractivity contribution >= 4 is 17.4 Å². The normalized spacial score (nSPS) is 11.6. The molecule has 0 fully saturated rings. The zero-order chi connectivity index (χ0) is 13.1. The Morgan fingerprint density at radius 1 is 1.29 bits per heavy atom. The molecular formula is C11H9ClF4O. The number of hydrogen-bond donors (Lipinski definition) is 0. The molecule has 0 aliphatic rings. The van der Waals surface area contributed by atoms with Gasteiger partial charge < -0.3 is 0 Å². The predicted octanol–water partition coefficient (Wildman–Crippen LogP) is 4.39. The molecule has 0 heterocycles. The van der Waals surface area contributed by atoms with Gasteiger partial charge in [-0.25, -0.2) is 4.39 Å². The van der Waals surface area contributed by atoms with E-state index in [1.165, 1.54) is 6.07 Å². The molecule has 0 amide bonds. The maximum absolute atomic E-state index is 12.8. The summed E-state index contributed by atoms with van der Waals surface area (Å²) in [6.07, 6.45) is -5.78. The van der Waals surface area contributed by atoms with Gasteiger partial charge in [0.15, 0.2) is 5.78 Å². The largest absolute Gasteiger partial charge is 0.389 e. The maximum Gasteiger partial charge on any atom is 0.389 e. The van der Waals surface area contributed by atoms with Crippen LogP contribution in [-0.2, 0) is 0 Å². The van der Waals surface area contributed by atoms with Crippen LogP contribution in [0.5, 0.6) is 0 Å². The van der Waals surface area contributed by atoms with E-state index in [1.54, 1.807) is 0 Å². The molecule has 1 aromatic carbocycles. The number of halogens is 5. The van der Waals surface area contributed by atoms with Crippen molar-refractivity contribution in [2.75, 3.05) is 0 Å². The Balaban J connectivity index is 2.56. The van der Waals surface area contributed by atoms with Gasteiger partial charge in [-0.05, 0) is 24.6 Å². The molecule has 0 radical (unpaired) electrons. The monoisotopic (exact) mass is 268 g/mol. The highest BCUT2D eigenvalue weighted by Crippen LogP contribution is 2.23. The topological polar surface area (TPSA) is 17.1 Å². The zero-order valence-corrected chi connectivity index (χ0v) is 9.41. The van der Waals surface area contributed by atoms with Gasteiger partial charge in [0.25, 0.3) is 0 Å². The summed E-state index contributed by atoms with van der Waals surface area (Å²) < 4.78 is 48.3. The van der Waals surface area contributed by atoms with Crippen LogP contribution in [0, 0.1) is 5.82 Å². The first-order valence-corrected chi connectivity index (χ1v) is 5.22. The summed E-state index contributed by atoms with van der Waals surface area (Å²) in [5.41, 5.74) is 0.124. The number of rotatable bonds is 4. The minimum atomic E-state index is -4.26. The van der Waals surface area contributed by atoms with E-state index >= 15 is 0 Å². The van der Waals surface area contributed by atoms with Gasteiger partial charge in [-0.1, -0.05) is 11.6 Å². The van der Waals surface area contributed by atoms with Crippen molar-refractivity contribution in [1.29, 1.82) is 0 Å². The SMILES string of the molecule is O=C(CCCC(F)(F)F)c1ccc(F)c(Cl)c1. The highest BCUT2D eigenvalue weighted by Gasteiger charge is 2.26. The molecule has 0 unspecified atom stereocenters. The van der Waals surface area contributed by atoms with E-state index < -0.39 is 24.2 Å². The smallest absolute Gasteiger partial charge is 0.294 e. The highest BCUT2D eigenvalue weighted by atomic mass is 35.5. The molecule has 1 aromatic rings. The summed E-state index contributed by atoms with van der Waals surface area (Å²) in [6, 6.07) is 3.34. The van der Waals surface area contributed by atoms with E-state index in [9.17, 15) is 22.4 Å². The first-order chi connectivity index (χ1) is 7.79. The summed E-state index contributed by atoms with van der Waals surface area (Å²) in [7, 11) is 0. The molecule has 6 heteroatoms. The van der Waals surface area contributed by atoms with E-state index in [4.69, 9.17) is 11.6 Å². The Morgan fingerprint density at radius 2 is 1.94 bits per heavy atom. The van der Waals surface area contributed by atoms with Crippen LogP contribution in [0.2, 0.25) is 5.02 Å². The summed E-state index contributed by atoms with van der Waals surface area (Å²) in [6.45, 7) is 0. The highest BCUT2D eigenvalue weighted by molar-refractivity contribution is 6.31. The Kier molecular flexibility index (Phi) is 4.51. The first-order valence-electron chi connectivity index (χ1n) is 4.84. The van der Waals surface area contributed by atoms with Crippen LogP contribution in [0.25, 0.3) is 0 Å². The molecule has 0 atom stereocenters. The summed E-state index contributed by atoms with van der Waals surface area (Å²) in [5, 5.41) is -0.216. The van der Waals surface area contributed by atoms with Gasteiger partial charge in [0, 0.05) is 18.4 Å². The van der Waals surface area contributed by atoms with E-state index in [-0.39, 0.29) is 23.4 Å². The van der Waals surface area contributed by atoms with Gasteiger partial charge in [0.05, 0.1) is 5.02 Å². The average Bonchev–Trinajstić information content (AvgIpc) is 2.20. The van der Waals surface area contributed by atoms with Crippen LogP contribution in [0.3, 0.4) is 0 Å². The lowest BCUT2D eigenvalue weighted by molar-refractivity contribution is -0.135. The minimum Gasteiger partial charge on any atom is -0.294 e. The second-order valence-electron chi connectivity index (χ2n) is 3.52. The van der Waals surface area contributed by atoms with Crippen molar-refractivity contribution in [3.63, 3.8) is 0 Å². The molecule has 0 aliphatic heterocycles. The van der Waals surface area contributed by atoms with Crippen molar-refractivity contribution in [2.45, 2.75) is 25.4 Å². The lowest BCUT2D eigenvalue weighted by Gasteiger charge is -2.05. The quantitative estimate of drug-likeness (QED) is 0.584. The van der Waals surface area contributed by atoms with Crippen LogP contribution in [0.1, 0.15) is 29.6 Å². The third kappa shape index (κ3) is 4.73. The Hall–Kier alpha value is -1.10. The third-order valence-corrected chi connectivity index (χ3v) is 2.40. The average molecular weight is 269 g/mol. The van der Waals surface area contributed by atoms with Crippen LogP contribution in [0.15, 0.2) is 18.2 Å². The van der Waals surface area contributed by atoms with Gasteiger partial charge in [-0.3, -0.25) is 4.79 Å². The standard InChI is InChI=1S/C11H9ClF4O/c12-8-6-7(3-4-9(8)13)10(17)2-1-5-11(14,15)16/h3-4,6H,1-2,5H2. The van der Waals surface area contributed by atoms with E-state index in [0.717, 1.165) is 12.1 Å². The number of carbonyl (C=O) groups is 1. The molecule has 1 rings (SSSR count). The Morgan fingerprint density at radius 3 is 2.47 bits per heavy atom. The van der Waals surface area contributed by atoms with Crippen LogP contribution in [0.4, 0.5) is 17.6 Å². The van der Waals surface area contributed by atoms with Crippen LogP contribution >= 0.6 is 11.6 Å². The molecule has 17 heavy (non-hydrogen) atoms. The second-order valence-corrected chi connectivity index (χ2v) is 3.93. The molecule has 1 nitrogen and oxygen atoms in total. The van der Waals surface area contributed by atoms with Crippen molar-refractivity contribution in [3.05, 3.63) is 34.6 Å². The fraction of sp³-hybridized carbons (Fsp3) is 0.364. The molecule has 94 valence electrons. The fourth-order valence-corrected chi connectivity index (χ4v) is 1.44. The number of alkyl halides is 3. The van der Waals surface area contributed by atoms with Gasteiger partial charge in [-0.2, -0.15) is 13.2 Å². The molecule has 0 aliphatic carbocycles. The van der Waals surface area contributed by atoms with Crippen LogP contribution < -0.4 is 0 Å². The predicted molar refractivity (Wildman–Crippen MR) is 55.6 cm³/mol. The molecule has 0 saturated carbocycles. The van der Waals surface area contributed by atoms with Gasteiger partial charge in [0.2, 0.25) is 0 Å². The van der Waals surface area contributed by atoms with E-state index in [0.29, 0.717) is 0 Å². The second kappa shape index (κ2) is 5.49. The van der Waals surface area contributed by atoms with Gasteiger partial charge in [0.1, 0.15) is 5.82 Å². The van der Waals surface area contributed by atoms with Gasteiger partial charge in [-0.15, -0.1) is 0 Å². The van der Waals surface area contributed by atoms with Crippen molar-refractivity contribution in [2.24, 2.45) is 0 Å². The molecule has 0 aromatic heterocycles. The molecule has 0 saturated heterocycles. The maximum atomic E-state index is 12.8. The number of Topliss-reactive ketones (excluding diaryl/α,β-unsaturated/α-hetero) is 1. The molecular weight excluding hydrogens is 260 g/mol. The van der Waals surface area contributed by atoms with Crippen molar-refractivity contribution in [3.8, 4) is 0 Å². The fourth-order valence-electron chi connectivity index (χ4n) is 1.26. The lowest BCUT2D eigenvalue weighted by Crippen LogP contribution is -2.08. The number of hydrogen-bond acceptors (Lipinski definition) is 1. The van der Waals surface area contributed by atoms with E-state index in [2.05, 4.69) is 0 Å². The number of carbonyl (C=O) groups excluding carboxylic acids is 1. The Labute approximate surface area is 100 Å². The summed E-state index contributed by atoms with van der Waals surface area (Å²) in [5.74, 6) is -1.14. The Bertz CT molecular complexity index is 414. The third-order valence-electron chi connectivity index (χ3n) is 2.11. The first kappa shape index (κ1) is 14.0. The number of benzene rings is 1. The summed E-state index contributed by atoms with van der Waals surface area (Å²) >= 11 is 5.46. The minimum absolute atomic E-state index is 0.124. The summed E-state index contributed by atoms with van der Waals surface area (Å²) in [4.78, 5) is 11.4. The molecule has 0 bridgehead atoms. The van der Waals surface area contributed by atoms with E-state index in [1.807, 2.05) is 0 Å². The number of ketones is 1. The van der Waals surface area contributed by atoms with Crippen molar-refractivity contribution < 1.29 is 22.4 Å².